The third kappa shape index (κ3) is 4.97. The lowest BCUT2D eigenvalue weighted by molar-refractivity contribution is -0.115. The molecule has 1 unspecified atom stereocenters. The van der Waals surface area contributed by atoms with Crippen molar-refractivity contribution in [3.05, 3.63) is 59.1 Å². The van der Waals surface area contributed by atoms with Crippen molar-refractivity contribution in [2.75, 3.05) is 10.6 Å². The number of nitrogens with one attached hydrogen (secondary N) is 2. The third-order valence-electron chi connectivity index (χ3n) is 3.45. The summed E-state index contributed by atoms with van der Waals surface area (Å²) in [4.78, 5) is 12.4. The average Bonchev–Trinajstić information content (AvgIpc) is 3.03. The molecule has 0 fully saturated rings. The van der Waals surface area contributed by atoms with E-state index < -0.39 is 0 Å². The van der Waals surface area contributed by atoms with E-state index in [-0.39, 0.29) is 11.2 Å². The summed E-state index contributed by atoms with van der Waals surface area (Å²) in [6.07, 6.45) is 0. The fourth-order valence-electron chi connectivity index (χ4n) is 2.16. The molecule has 1 atom stereocenters. The number of nitrogens with zero attached hydrogens (tertiary/aromatic N) is 2. The van der Waals surface area contributed by atoms with Gasteiger partial charge in [0.15, 0.2) is 4.34 Å². The van der Waals surface area contributed by atoms with Crippen LogP contribution in [0.1, 0.15) is 12.5 Å². The number of amides is 1. The average molecular weight is 405 g/mol. The fraction of sp³-hybridized carbons (Fsp3) is 0.167. The molecule has 3 rings (SSSR count). The molecule has 0 spiro atoms. The molecule has 5 nitrogen and oxygen atoms in total. The molecule has 134 valence electrons. The first-order valence-electron chi connectivity index (χ1n) is 7.90. The van der Waals surface area contributed by atoms with Gasteiger partial charge in [0.25, 0.3) is 0 Å². The highest BCUT2D eigenvalue weighted by atomic mass is 35.5. The number of aromatic nitrogens is 2. The minimum atomic E-state index is -0.328. The summed E-state index contributed by atoms with van der Waals surface area (Å²) in [6, 6.07) is 15.2. The van der Waals surface area contributed by atoms with E-state index in [0.717, 1.165) is 10.0 Å². The maximum Gasteiger partial charge on any atom is 0.237 e. The second-order valence-corrected chi connectivity index (χ2v) is 8.57. The molecule has 0 aliphatic carbocycles. The van der Waals surface area contributed by atoms with Gasteiger partial charge in [0.1, 0.15) is 0 Å². The van der Waals surface area contributed by atoms with Gasteiger partial charge in [-0.05, 0) is 43.7 Å². The lowest BCUT2D eigenvalue weighted by atomic mass is 10.2. The zero-order chi connectivity index (χ0) is 18.5. The van der Waals surface area contributed by atoms with Crippen LogP contribution in [0.5, 0.6) is 0 Å². The van der Waals surface area contributed by atoms with E-state index in [4.69, 9.17) is 11.6 Å². The van der Waals surface area contributed by atoms with Crippen LogP contribution in [0.15, 0.2) is 52.9 Å². The molecule has 2 N–H and O–H groups in total. The molecular weight excluding hydrogens is 388 g/mol. The second kappa shape index (κ2) is 8.53. The molecule has 1 aromatic heterocycles. The highest BCUT2D eigenvalue weighted by molar-refractivity contribution is 8.02. The van der Waals surface area contributed by atoms with Crippen LogP contribution in [0, 0.1) is 6.92 Å². The third-order valence-corrected chi connectivity index (χ3v) is 5.81. The Morgan fingerprint density at radius 2 is 2.00 bits per heavy atom. The molecule has 0 aliphatic rings. The van der Waals surface area contributed by atoms with Crippen LogP contribution in [0.25, 0.3) is 0 Å². The molecule has 0 radical (unpaired) electrons. The smallest absolute Gasteiger partial charge is 0.237 e. The second-order valence-electron chi connectivity index (χ2n) is 5.60. The first-order valence-corrected chi connectivity index (χ1v) is 9.98. The first-order chi connectivity index (χ1) is 12.5. The van der Waals surface area contributed by atoms with Gasteiger partial charge in [-0.3, -0.25) is 4.79 Å². The summed E-state index contributed by atoms with van der Waals surface area (Å²) in [5, 5.41) is 15.2. The number of thioether (sulfide) groups is 1. The molecule has 2 aromatic carbocycles. The van der Waals surface area contributed by atoms with Gasteiger partial charge in [0.2, 0.25) is 11.0 Å². The van der Waals surface area contributed by atoms with E-state index in [1.165, 1.54) is 28.7 Å². The van der Waals surface area contributed by atoms with Gasteiger partial charge in [-0.2, -0.15) is 0 Å². The molecular formula is C18H17ClN4OS2. The number of hydrogen-bond acceptors (Lipinski definition) is 6. The standard InChI is InChI=1S/C18H17ClN4OS2/c1-11-6-5-7-13(10-11)20-17-22-23-18(26-17)25-12(2)16(24)21-15-9-4-3-8-14(15)19/h3-10,12H,1-2H3,(H,20,22)(H,21,24). The molecule has 0 saturated carbocycles. The largest absolute Gasteiger partial charge is 0.330 e. The van der Waals surface area contributed by atoms with E-state index >= 15 is 0 Å². The Hall–Kier alpha value is -2.09. The Morgan fingerprint density at radius 3 is 2.77 bits per heavy atom. The number of hydrogen-bond donors (Lipinski definition) is 2. The number of carbonyl (C=O) groups excluding carboxylic acids is 1. The van der Waals surface area contributed by atoms with E-state index in [2.05, 4.69) is 20.8 Å². The van der Waals surface area contributed by atoms with Crippen molar-refractivity contribution in [3.8, 4) is 0 Å². The van der Waals surface area contributed by atoms with Gasteiger partial charge in [-0.1, -0.05) is 59.0 Å². The zero-order valence-electron chi connectivity index (χ0n) is 14.2. The molecule has 26 heavy (non-hydrogen) atoms. The number of benzene rings is 2. The topological polar surface area (TPSA) is 66.9 Å². The summed E-state index contributed by atoms with van der Waals surface area (Å²) in [7, 11) is 0. The number of aryl methyl sites for hydroxylation is 1. The van der Waals surface area contributed by atoms with Crippen molar-refractivity contribution in [1.29, 1.82) is 0 Å². The molecule has 1 heterocycles. The van der Waals surface area contributed by atoms with E-state index in [1.807, 2.05) is 50.2 Å². The highest BCUT2D eigenvalue weighted by Crippen LogP contribution is 2.31. The van der Waals surface area contributed by atoms with Crippen LogP contribution in [-0.2, 0) is 4.79 Å². The predicted molar refractivity (Wildman–Crippen MR) is 110 cm³/mol. The Bertz CT molecular complexity index is 915. The van der Waals surface area contributed by atoms with Crippen LogP contribution in [-0.4, -0.2) is 21.4 Å². The minimum Gasteiger partial charge on any atom is -0.330 e. The van der Waals surface area contributed by atoms with Crippen LogP contribution in [0.4, 0.5) is 16.5 Å². The van der Waals surface area contributed by atoms with Crippen LogP contribution >= 0.6 is 34.7 Å². The van der Waals surface area contributed by atoms with Crippen LogP contribution < -0.4 is 10.6 Å². The fourth-order valence-corrected chi connectivity index (χ4v) is 4.26. The predicted octanol–water partition coefficient (Wildman–Crippen LogP) is 5.36. The van der Waals surface area contributed by atoms with Gasteiger partial charge in [-0.15, -0.1) is 10.2 Å². The van der Waals surface area contributed by atoms with Gasteiger partial charge >= 0.3 is 0 Å². The van der Waals surface area contributed by atoms with E-state index in [0.29, 0.717) is 15.8 Å². The van der Waals surface area contributed by atoms with Gasteiger partial charge in [0, 0.05) is 5.69 Å². The summed E-state index contributed by atoms with van der Waals surface area (Å²) in [5.41, 5.74) is 2.73. The summed E-state index contributed by atoms with van der Waals surface area (Å²) >= 11 is 8.85. The van der Waals surface area contributed by atoms with Crippen molar-refractivity contribution in [3.63, 3.8) is 0 Å². The quantitative estimate of drug-likeness (QED) is 0.541. The Kier molecular flexibility index (Phi) is 6.13. The van der Waals surface area contributed by atoms with Gasteiger partial charge < -0.3 is 10.6 Å². The Morgan fingerprint density at radius 1 is 1.19 bits per heavy atom. The van der Waals surface area contributed by atoms with Crippen molar-refractivity contribution < 1.29 is 4.79 Å². The molecule has 0 bridgehead atoms. The molecule has 0 saturated heterocycles. The number of anilines is 3. The number of carbonyl (C=O) groups is 1. The van der Waals surface area contributed by atoms with Crippen molar-refractivity contribution in [1.82, 2.24) is 10.2 Å². The van der Waals surface area contributed by atoms with Crippen molar-refractivity contribution in [2.45, 2.75) is 23.4 Å². The minimum absolute atomic E-state index is 0.133. The SMILES string of the molecule is Cc1cccc(Nc2nnc(SC(C)C(=O)Nc3ccccc3Cl)s2)c1. The number of rotatable bonds is 6. The van der Waals surface area contributed by atoms with Crippen molar-refractivity contribution >= 4 is 57.1 Å². The van der Waals surface area contributed by atoms with Crippen LogP contribution in [0.2, 0.25) is 5.02 Å². The Balaban J connectivity index is 1.59. The first kappa shape index (κ1) is 18.7. The highest BCUT2D eigenvalue weighted by Gasteiger charge is 2.18. The summed E-state index contributed by atoms with van der Waals surface area (Å²) in [6.45, 7) is 3.86. The van der Waals surface area contributed by atoms with E-state index in [1.54, 1.807) is 12.1 Å². The van der Waals surface area contributed by atoms with Gasteiger partial charge in [0.05, 0.1) is 16.0 Å². The maximum atomic E-state index is 12.4. The van der Waals surface area contributed by atoms with Crippen LogP contribution in [0.3, 0.4) is 0 Å². The van der Waals surface area contributed by atoms with Gasteiger partial charge in [-0.25, -0.2) is 0 Å². The summed E-state index contributed by atoms with van der Waals surface area (Å²) < 4.78 is 0.724. The number of halogens is 1. The lowest BCUT2D eigenvalue weighted by Gasteiger charge is -2.11. The maximum absolute atomic E-state index is 12.4. The summed E-state index contributed by atoms with van der Waals surface area (Å²) in [5.74, 6) is -0.133. The zero-order valence-corrected chi connectivity index (χ0v) is 16.6. The molecule has 8 heteroatoms. The lowest BCUT2D eigenvalue weighted by Crippen LogP contribution is -2.22. The number of para-hydroxylation sites is 1. The molecule has 1 amide bonds. The van der Waals surface area contributed by atoms with Crippen molar-refractivity contribution in [2.24, 2.45) is 0 Å². The monoisotopic (exact) mass is 404 g/mol. The van der Waals surface area contributed by atoms with E-state index in [9.17, 15) is 4.79 Å². The Labute approximate surface area is 165 Å². The normalized spacial score (nSPS) is 11.8. The molecule has 0 aliphatic heterocycles. The molecule has 3 aromatic rings.